The molecule has 0 spiro atoms. The maximum absolute atomic E-state index is 12.9. The zero-order chi connectivity index (χ0) is 27.5. The van der Waals surface area contributed by atoms with Crippen LogP contribution in [0.2, 0.25) is 5.02 Å². The van der Waals surface area contributed by atoms with Crippen LogP contribution in [0.1, 0.15) is 51.8 Å². The van der Waals surface area contributed by atoms with E-state index in [0.717, 1.165) is 4.90 Å². The molecule has 0 bridgehead atoms. The van der Waals surface area contributed by atoms with Gasteiger partial charge in [0.1, 0.15) is 5.75 Å². The van der Waals surface area contributed by atoms with E-state index in [1.807, 2.05) is 0 Å². The maximum Gasteiger partial charge on any atom is 0.343 e. The highest BCUT2D eigenvalue weighted by molar-refractivity contribution is 6.35. The fourth-order valence-corrected chi connectivity index (χ4v) is 4.07. The van der Waals surface area contributed by atoms with Crippen LogP contribution in [0.15, 0.2) is 97.1 Å². The smallest absolute Gasteiger partial charge is 0.343 e. The van der Waals surface area contributed by atoms with E-state index >= 15 is 0 Å². The summed E-state index contributed by atoms with van der Waals surface area (Å²) in [6, 6.07) is 24.5. The number of imide groups is 1. The van der Waals surface area contributed by atoms with Gasteiger partial charge in [0.2, 0.25) is 0 Å². The van der Waals surface area contributed by atoms with Crippen LogP contribution in [0, 0.1) is 0 Å². The van der Waals surface area contributed by atoms with Crippen molar-refractivity contribution in [1.29, 1.82) is 0 Å². The molecule has 9 heteroatoms. The fraction of sp³-hybridized carbons (Fsp3) is 0.0333. The monoisotopic (exact) mass is 539 g/mol. The Morgan fingerprint density at radius 2 is 1.31 bits per heavy atom. The summed E-state index contributed by atoms with van der Waals surface area (Å²) in [5.74, 6) is -2.70. The first kappa shape index (κ1) is 25.6. The van der Waals surface area contributed by atoms with Gasteiger partial charge in [-0.3, -0.25) is 14.4 Å². The number of benzene rings is 4. The van der Waals surface area contributed by atoms with Crippen LogP contribution in [-0.2, 0) is 4.74 Å². The number of rotatable bonds is 7. The Morgan fingerprint density at radius 3 is 2.00 bits per heavy atom. The number of Topliss-reactive ketones (excluding diaryl/α,β-unsaturated/α-hetero) is 1. The van der Waals surface area contributed by atoms with E-state index in [-0.39, 0.29) is 28.0 Å². The van der Waals surface area contributed by atoms with Gasteiger partial charge in [0.05, 0.1) is 27.9 Å². The first-order valence-electron chi connectivity index (χ1n) is 11.7. The highest BCUT2D eigenvalue weighted by atomic mass is 35.5. The largest absolute Gasteiger partial charge is 0.454 e. The molecule has 1 aliphatic rings. The van der Waals surface area contributed by atoms with Gasteiger partial charge < -0.3 is 9.47 Å². The van der Waals surface area contributed by atoms with Crippen molar-refractivity contribution in [1.82, 2.24) is 0 Å². The second-order valence-electron chi connectivity index (χ2n) is 8.46. The van der Waals surface area contributed by atoms with E-state index < -0.39 is 36.1 Å². The van der Waals surface area contributed by atoms with Crippen molar-refractivity contribution in [2.24, 2.45) is 0 Å². The van der Waals surface area contributed by atoms with Crippen LogP contribution in [-0.4, -0.2) is 36.1 Å². The predicted octanol–water partition coefficient (Wildman–Crippen LogP) is 5.40. The van der Waals surface area contributed by atoms with Crippen LogP contribution < -0.4 is 9.64 Å². The minimum Gasteiger partial charge on any atom is -0.454 e. The molecule has 4 aromatic rings. The number of carbonyl (C=O) groups is 5. The molecule has 5 rings (SSSR count). The summed E-state index contributed by atoms with van der Waals surface area (Å²) in [5.41, 5.74) is 1.20. The Balaban J connectivity index is 1.21. The first-order valence-corrected chi connectivity index (χ1v) is 12.1. The summed E-state index contributed by atoms with van der Waals surface area (Å²) < 4.78 is 10.4. The Labute approximate surface area is 227 Å². The molecule has 0 aromatic heterocycles. The molecule has 0 saturated heterocycles. The van der Waals surface area contributed by atoms with Crippen molar-refractivity contribution in [2.75, 3.05) is 11.5 Å². The zero-order valence-electron chi connectivity index (χ0n) is 20.1. The summed E-state index contributed by atoms with van der Waals surface area (Å²) in [5, 5.41) is 0.456. The van der Waals surface area contributed by atoms with Gasteiger partial charge in [0, 0.05) is 10.6 Å². The van der Waals surface area contributed by atoms with E-state index in [1.54, 1.807) is 54.6 Å². The van der Waals surface area contributed by atoms with Gasteiger partial charge in [-0.25, -0.2) is 14.5 Å². The second kappa shape index (κ2) is 10.7. The molecule has 0 fully saturated rings. The summed E-state index contributed by atoms with van der Waals surface area (Å²) in [6.07, 6.45) is 0. The van der Waals surface area contributed by atoms with Crippen LogP contribution in [0.5, 0.6) is 5.75 Å². The first-order chi connectivity index (χ1) is 18.8. The number of halogens is 1. The Hall–Kier alpha value is -5.08. The van der Waals surface area contributed by atoms with Crippen molar-refractivity contribution in [3.8, 4) is 5.75 Å². The van der Waals surface area contributed by atoms with Gasteiger partial charge in [0.15, 0.2) is 12.4 Å². The normalized spacial score (nSPS) is 12.2. The second-order valence-corrected chi connectivity index (χ2v) is 8.90. The fourth-order valence-electron chi connectivity index (χ4n) is 3.94. The number of fused-ring (bicyclic) bond motifs is 1. The molecule has 4 aromatic carbocycles. The molecule has 2 amide bonds. The van der Waals surface area contributed by atoms with Crippen molar-refractivity contribution < 1.29 is 33.4 Å². The average molecular weight is 540 g/mol. The lowest BCUT2D eigenvalue weighted by Gasteiger charge is -2.13. The Kier molecular flexibility index (Phi) is 7.03. The lowest BCUT2D eigenvalue weighted by Crippen LogP contribution is -2.29. The number of esters is 2. The lowest BCUT2D eigenvalue weighted by atomic mass is 10.1. The highest BCUT2D eigenvalue weighted by Crippen LogP contribution is 2.30. The molecule has 0 radical (unpaired) electrons. The van der Waals surface area contributed by atoms with Gasteiger partial charge >= 0.3 is 11.9 Å². The molecule has 0 saturated carbocycles. The zero-order valence-corrected chi connectivity index (χ0v) is 20.9. The minimum atomic E-state index is -0.829. The molecule has 1 heterocycles. The molecule has 8 nitrogen and oxygen atoms in total. The number of ether oxygens (including phenoxy) is 2. The molecule has 0 unspecified atom stereocenters. The summed E-state index contributed by atoms with van der Waals surface area (Å²) in [7, 11) is 0. The third-order valence-corrected chi connectivity index (χ3v) is 6.19. The quantitative estimate of drug-likeness (QED) is 0.134. The molecular weight excluding hydrogens is 522 g/mol. The maximum atomic E-state index is 12.9. The van der Waals surface area contributed by atoms with E-state index in [1.165, 1.54) is 42.5 Å². The summed E-state index contributed by atoms with van der Waals surface area (Å²) >= 11 is 5.89. The van der Waals surface area contributed by atoms with E-state index in [4.69, 9.17) is 21.1 Å². The van der Waals surface area contributed by atoms with Gasteiger partial charge in [0.25, 0.3) is 11.8 Å². The van der Waals surface area contributed by atoms with Crippen molar-refractivity contribution >= 4 is 46.8 Å². The molecule has 0 N–H and O–H groups in total. The Bertz CT molecular complexity index is 1610. The van der Waals surface area contributed by atoms with Crippen LogP contribution >= 0.6 is 11.6 Å². The Morgan fingerprint density at radius 1 is 0.667 bits per heavy atom. The lowest BCUT2D eigenvalue weighted by molar-refractivity contribution is 0.0474. The van der Waals surface area contributed by atoms with Gasteiger partial charge in [-0.15, -0.1) is 0 Å². The van der Waals surface area contributed by atoms with E-state index in [0.29, 0.717) is 16.3 Å². The van der Waals surface area contributed by atoms with Crippen LogP contribution in [0.25, 0.3) is 0 Å². The molecular formula is C30H18ClNO7. The topological polar surface area (TPSA) is 107 Å². The van der Waals surface area contributed by atoms with E-state index in [9.17, 15) is 24.0 Å². The van der Waals surface area contributed by atoms with Gasteiger partial charge in [-0.05, 0) is 78.9 Å². The van der Waals surface area contributed by atoms with Crippen LogP contribution in [0.4, 0.5) is 5.69 Å². The number of amides is 2. The van der Waals surface area contributed by atoms with Crippen molar-refractivity contribution in [3.63, 3.8) is 0 Å². The van der Waals surface area contributed by atoms with Gasteiger partial charge in [-0.2, -0.15) is 0 Å². The van der Waals surface area contributed by atoms with Crippen molar-refractivity contribution in [3.05, 3.63) is 130 Å². The summed E-state index contributed by atoms with van der Waals surface area (Å²) in [6.45, 7) is -0.553. The molecule has 0 atom stereocenters. The molecule has 0 aliphatic carbocycles. The molecule has 192 valence electrons. The van der Waals surface area contributed by atoms with Crippen molar-refractivity contribution in [2.45, 2.75) is 0 Å². The third kappa shape index (κ3) is 5.32. The number of ketones is 1. The number of carbonyl (C=O) groups excluding carboxylic acids is 5. The average Bonchev–Trinajstić information content (AvgIpc) is 3.21. The van der Waals surface area contributed by atoms with Gasteiger partial charge in [-0.1, -0.05) is 29.8 Å². The van der Waals surface area contributed by atoms with E-state index in [2.05, 4.69) is 0 Å². The number of nitrogens with zero attached hydrogens (tertiary/aromatic N) is 1. The van der Waals surface area contributed by atoms with Crippen LogP contribution in [0.3, 0.4) is 0 Å². The third-order valence-electron chi connectivity index (χ3n) is 5.94. The standard InChI is InChI=1S/C30H18ClNO7/c31-21-9-11-22(12-10-21)32-27(34)24-15-8-20(16-25(24)28(32)35)29(36)38-17-26(33)18-6-13-23(14-7-18)39-30(37)19-4-2-1-3-5-19/h1-16H,17H2. The minimum absolute atomic E-state index is 0.0174. The number of hydrogen-bond acceptors (Lipinski definition) is 7. The molecule has 1 aliphatic heterocycles. The summed E-state index contributed by atoms with van der Waals surface area (Å²) in [4.78, 5) is 64.0. The number of hydrogen-bond donors (Lipinski definition) is 0. The molecule has 39 heavy (non-hydrogen) atoms. The number of anilines is 1. The highest BCUT2D eigenvalue weighted by Gasteiger charge is 2.37. The predicted molar refractivity (Wildman–Crippen MR) is 141 cm³/mol. The SMILES string of the molecule is O=C(COC(=O)c1ccc2c(c1)C(=O)N(c1ccc(Cl)cc1)C2=O)c1ccc(OC(=O)c2ccccc2)cc1.